The Labute approximate surface area is 237 Å². The molecule has 1 heterocycles. The van der Waals surface area contributed by atoms with Crippen molar-refractivity contribution in [2.45, 2.75) is 69.8 Å². The van der Waals surface area contributed by atoms with Crippen LogP contribution in [-0.2, 0) is 9.47 Å². The molecule has 202 valence electrons. The zero-order valence-corrected chi connectivity index (χ0v) is 25.3. The molecule has 1 fully saturated rings. The topological polar surface area (TPSA) is 18.5 Å². The molecule has 4 aromatic carbocycles. The molecule has 4 aromatic rings. The lowest BCUT2D eigenvalue weighted by Gasteiger charge is -2.38. The molecule has 1 aliphatic heterocycles. The van der Waals surface area contributed by atoms with E-state index in [1.165, 1.54) is 21.2 Å². The van der Waals surface area contributed by atoms with Crippen molar-refractivity contribution < 1.29 is 9.47 Å². The van der Waals surface area contributed by atoms with Gasteiger partial charge in [0, 0.05) is 11.3 Å². The van der Waals surface area contributed by atoms with Crippen LogP contribution in [0.4, 0.5) is 0 Å². The number of hydrogen-bond donors (Lipinski definition) is 0. The first-order valence-electron chi connectivity index (χ1n) is 14.2. The molecule has 0 spiro atoms. The lowest BCUT2D eigenvalue weighted by Crippen LogP contribution is -2.44. The second-order valence-corrected chi connectivity index (χ2v) is 15.5. The summed E-state index contributed by atoms with van der Waals surface area (Å²) in [5.41, 5.74) is 0.656. The third-order valence-electron chi connectivity index (χ3n) is 7.56. The highest BCUT2D eigenvalue weighted by molar-refractivity contribution is 7.74. The van der Waals surface area contributed by atoms with E-state index >= 15 is 0 Å². The molecule has 0 amide bonds. The fourth-order valence-corrected chi connectivity index (χ4v) is 11.8. The fraction of sp³-hybridized carbons (Fsp3) is 0.314. The van der Waals surface area contributed by atoms with Gasteiger partial charge in [0.15, 0.2) is 5.79 Å². The average Bonchev–Trinajstić information content (AvgIpc) is 3.30. The molecule has 5 rings (SSSR count). The maximum absolute atomic E-state index is 6.95. The van der Waals surface area contributed by atoms with Crippen molar-refractivity contribution in [1.29, 1.82) is 0 Å². The standard InChI is InChI=1S/C35H40O2P2/c1-5-31(38(27-19-11-7-12-20-27)28-21-13-8-14-22-28)33-34(37-35(3,4)36-33)32(6-2)39(29-23-15-9-16-24-29)30-25-17-10-18-26-30/h7-26,31-34H,5-6H2,1-4H3. The first-order valence-corrected chi connectivity index (χ1v) is 17.0. The summed E-state index contributed by atoms with van der Waals surface area (Å²) < 4.78 is 13.9. The number of benzene rings is 4. The molecule has 0 N–H and O–H groups in total. The van der Waals surface area contributed by atoms with E-state index < -0.39 is 21.6 Å². The van der Waals surface area contributed by atoms with Crippen molar-refractivity contribution in [2.24, 2.45) is 0 Å². The summed E-state index contributed by atoms with van der Waals surface area (Å²) in [4.78, 5) is 0. The van der Waals surface area contributed by atoms with E-state index in [0.717, 1.165) is 12.8 Å². The summed E-state index contributed by atoms with van der Waals surface area (Å²) in [5.74, 6) is -0.626. The summed E-state index contributed by atoms with van der Waals surface area (Å²) in [6, 6.07) is 44.3. The van der Waals surface area contributed by atoms with Gasteiger partial charge in [-0.05, 0) is 63.8 Å². The zero-order valence-electron chi connectivity index (χ0n) is 23.5. The second-order valence-electron chi connectivity index (χ2n) is 10.6. The van der Waals surface area contributed by atoms with Gasteiger partial charge < -0.3 is 9.47 Å². The largest absolute Gasteiger partial charge is 0.344 e. The van der Waals surface area contributed by atoms with Crippen LogP contribution in [0.2, 0.25) is 0 Å². The molecule has 4 unspecified atom stereocenters. The van der Waals surface area contributed by atoms with Crippen LogP contribution in [0.25, 0.3) is 0 Å². The number of ether oxygens (including phenoxy) is 2. The highest BCUT2D eigenvalue weighted by Gasteiger charge is 2.51. The van der Waals surface area contributed by atoms with Gasteiger partial charge in [-0.3, -0.25) is 0 Å². The highest BCUT2D eigenvalue weighted by Crippen LogP contribution is 2.53. The maximum Gasteiger partial charge on any atom is 0.163 e. The number of hydrogen-bond acceptors (Lipinski definition) is 2. The van der Waals surface area contributed by atoms with E-state index in [0.29, 0.717) is 11.3 Å². The minimum Gasteiger partial charge on any atom is -0.344 e. The molecular weight excluding hydrogens is 514 g/mol. The van der Waals surface area contributed by atoms with Crippen LogP contribution in [0.3, 0.4) is 0 Å². The molecule has 4 heteroatoms. The third-order valence-corrected chi connectivity index (χ3v) is 13.6. The van der Waals surface area contributed by atoms with Crippen molar-refractivity contribution >= 4 is 37.1 Å². The minimum absolute atomic E-state index is 0.00102. The summed E-state index contributed by atoms with van der Waals surface area (Å²) in [7, 11) is -1.30. The van der Waals surface area contributed by atoms with E-state index in [9.17, 15) is 0 Å². The maximum atomic E-state index is 6.95. The molecule has 4 atom stereocenters. The van der Waals surface area contributed by atoms with E-state index in [4.69, 9.17) is 9.47 Å². The highest BCUT2D eigenvalue weighted by atomic mass is 31.1. The van der Waals surface area contributed by atoms with E-state index in [1.54, 1.807) is 0 Å². The Morgan fingerprint density at radius 1 is 0.513 bits per heavy atom. The summed E-state index contributed by atoms with van der Waals surface area (Å²) in [6.45, 7) is 8.85. The molecule has 2 nitrogen and oxygen atoms in total. The zero-order chi connectivity index (χ0) is 27.2. The Kier molecular flexibility index (Phi) is 9.32. The van der Waals surface area contributed by atoms with Crippen molar-refractivity contribution in [3.63, 3.8) is 0 Å². The van der Waals surface area contributed by atoms with Crippen LogP contribution >= 0.6 is 15.8 Å². The predicted octanol–water partition coefficient (Wildman–Crippen LogP) is 7.33. The summed E-state index contributed by atoms with van der Waals surface area (Å²) in [6.07, 6.45) is 2.06. The van der Waals surface area contributed by atoms with E-state index in [1.807, 2.05) is 0 Å². The molecule has 39 heavy (non-hydrogen) atoms. The predicted molar refractivity (Wildman–Crippen MR) is 170 cm³/mol. The molecule has 0 aromatic heterocycles. The molecule has 1 aliphatic rings. The van der Waals surface area contributed by atoms with Gasteiger partial charge in [0.05, 0.1) is 12.2 Å². The average molecular weight is 555 g/mol. The molecule has 0 bridgehead atoms. The van der Waals surface area contributed by atoms with Crippen LogP contribution in [0.15, 0.2) is 121 Å². The molecule has 0 saturated carbocycles. The van der Waals surface area contributed by atoms with Crippen LogP contribution in [0.1, 0.15) is 40.5 Å². The quantitative estimate of drug-likeness (QED) is 0.191. The monoisotopic (exact) mass is 554 g/mol. The van der Waals surface area contributed by atoms with Gasteiger partial charge in [-0.15, -0.1) is 0 Å². The van der Waals surface area contributed by atoms with Gasteiger partial charge in [0.1, 0.15) is 0 Å². The van der Waals surface area contributed by atoms with Gasteiger partial charge >= 0.3 is 0 Å². The van der Waals surface area contributed by atoms with Crippen LogP contribution < -0.4 is 21.2 Å². The SMILES string of the molecule is CCC(C1OC(C)(C)OC1C(CC)P(c1ccccc1)c1ccccc1)P(c1ccccc1)c1ccccc1. The van der Waals surface area contributed by atoms with Crippen LogP contribution in [0.5, 0.6) is 0 Å². The molecule has 0 radical (unpaired) electrons. The van der Waals surface area contributed by atoms with Gasteiger partial charge in [-0.2, -0.15) is 0 Å². The summed E-state index contributed by atoms with van der Waals surface area (Å²) in [5, 5.41) is 5.61. The Morgan fingerprint density at radius 3 is 1.00 bits per heavy atom. The first-order chi connectivity index (χ1) is 19.0. The van der Waals surface area contributed by atoms with Crippen molar-refractivity contribution in [2.75, 3.05) is 0 Å². The van der Waals surface area contributed by atoms with Gasteiger partial charge in [0.2, 0.25) is 0 Å². The van der Waals surface area contributed by atoms with Crippen LogP contribution in [-0.4, -0.2) is 29.3 Å². The summed E-state index contributed by atoms with van der Waals surface area (Å²) >= 11 is 0. The Balaban J connectivity index is 1.60. The van der Waals surface area contributed by atoms with Gasteiger partial charge in [-0.25, -0.2) is 0 Å². The van der Waals surface area contributed by atoms with Crippen LogP contribution in [0, 0.1) is 0 Å². The normalized spacial score (nSPS) is 20.3. The third kappa shape index (κ3) is 6.37. The Morgan fingerprint density at radius 2 is 0.769 bits per heavy atom. The van der Waals surface area contributed by atoms with Crippen molar-refractivity contribution in [3.8, 4) is 0 Å². The lowest BCUT2D eigenvalue weighted by atomic mass is 10.0. The smallest absolute Gasteiger partial charge is 0.163 e. The first kappa shape index (κ1) is 28.2. The molecule has 1 saturated heterocycles. The Bertz CT molecular complexity index is 1100. The number of rotatable bonds is 10. The van der Waals surface area contributed by atoms with E-state index in [2.05, 4.69) is 149 Å². The second kappa shape index (κ2) is 12.9. The Hall–Kier alpha value is -2.34. The lowest BCUT2D eigenvalue weighted by molar-refractivity contribution is -0.146. The molecule has 0 aliphatic carbocycles. The molecular formula is C35H40O2P2. The van der Waals surface area contributed by atoms with Gasteiger partial charge in [0.25, 0.3) is 0 Å². The van der Waals surface area contributed by atoms with Gasteiger partial charge in [-0.1, -0.05) is 135 Å². The minimum atomic E-state index is -0.649. The van der Waals surface area contributed by atoms with Crippen molar-refractivity contribution in [1.82, 2.24) is 0 Å². The fourth-order valence-electron chi connectivity index (χ4n) is 5.95. The van der Waals surface area contributed by atoms with E-state index in [-0.39, 0.29) is 12.2 Å². The van der Waals surface area contributed by atoms with Crippen molar-refractivity contribution in [3.05, 3.63) is 121 Å².